The minimum Gasteiger partial charge on any atom is -0.479 e. The van der Waals surface area contributed by atoms with E-state index < -0.39 is 18.0 Å². The Morgan fingerprint density at radius 1 is 1.43 bits per heavy atom. The largest absolute Gasteiger partial charge is 0.479 e. The van der Waals surface area contributed by atoms with Crippen LogP contribution in [0.2, 0.25) is 5.02 Å². The molecule has 0 aliphatic heterocycles. The van der Waals surface area contributed by atoms with Crippen molar-refractivity contribution in [2.75, 3.05) is 13.7 Å². The summed E-state index contributed by atoms with van der Waals surface area (Å²) in [6.07, 6.45) is 0.575. The lowest BCUT2D eigenvalue weighted by Crippen LogP contribution is -2.38. The van der Waals surface area contributed by atoms with Crippen LogP contribution in [-0.2, 0) is 9.53 Å². The van der Waals surface area contributed by atoms with Gasteiger partial charge in [-0.05, 0) is 19.1 Å². The SMILES string of the molecule is COC(CNC(=O)c1nn(-c2ccccc2Cl)cc1C)C(=O)O. The molecule has 1 atom stereocenters. The Balaban J connectivity index is 2.16. The highest BCUT2D eigenvalue weighted by molar-refractivity contribution is 6.32. The van der Waals surface area contributed by atoms with Gasteiger partial charge in [0.15, 0.2) is 11.8 Å². The molecule has 8 heteroatoms. The topological polar surface area (TPSA) is 93.5 Å². The Hall–Kier alpha value is -2.38. The van der Waals surface area contributed by atoms with Crippen LogP contribution in [0.4, 0.5) is 0 Å². The first-order valence-corrected chi connectivity index (χ1v) is 7.16. The molecule has 0 spiro atoms. The zero-order valence-corrected chi connectivity index (χ0v) is 13.4. The molecular weight excluding hydrogens is 322 g/mol. The summed E-state index contributed by atoms with van der Waals surface area (Å²) in [6, 6.07) is 7.12. The van der Waals surface area contributed by atoms with Crippen molar-refractivity contribution >= 4 is 23.5 Å². The van der Waals surface area contributed by atoms with E-state index in [2.05, 4.69) is 10.4 Å². The van der Waals surface area contributed by atoms with Gasteiger partial charge in [-0.2, -0.15) is 5.10 Å². The Bertz CT molecular complexity index is 729. The number of methoxy groups -OCH3 is 1. The van der Waals surface area contributed by atoms with E-state index in [0.29, 0.717) is 16.3 Å². The molecule has 0 saturated heterocycles. The molecule has 1 aromatic heterocycles. The predicted octanol–water partition coefficient (Wildman–Crippen LogP) is 1.66. The molecule has 1 unspecified atom stereocenters. The quantitative estimate of drug-likeness (QED) is 0.836. The highest BCUT2D eigenvalue weighted by Gasteiger charge is 2.20. The van der Waals surface area contributed by atoms with Gasteiger partial charge in [0.05, 0.1) is 17.3 Å². The van der Waals surface area contributed by atoms with E-state index in [0.717, 1.165) is 0 Å². The van der Waals surface area contributed by atoms with E-state index in [1.165, 1.54) is 11.8 Å². The zero-order chi connectivity index (χ0) is 17.0. The summed E-state index contributed by atoms with van der Waals surface area (Å²) in [5.74, 6) is -1.62. The molecule has 0 radical (unpaired) electrons. The minimum absolute atomic E-state index is 0.150. The van der Waals surface area contributed by atoms with Crippen LogP contribution in [0.25, 0.3) is 5.69 Å². The highest BCUT2D eigenvalue weighted by atomic mass is 35.5. The molecule has 2 aromatic rings. The second-order valence-electron chi connectivity index (χ2n) is 4.83. The number of carboxylic acids is 1. The molecule has 2 rings (SSSR count). The molecule has 2 N–H and O–H groups in total. The standard InChI is InChI=1S/C15H16ClN3O4/c1-9-8-19(11-6-4-3-5-10(11)16)18-13(9)14(20)17-7-12(23-2)15(21)22/h3-6,8,12H,7H2,1-2H3,(H,17,20)(H,21,22). The van der Waals surface area contributed by atoms with Crippen molar-refractivity contribution in [3.05, 3.63) is 46.7 Å². The third kappa shape index (κ3) is 3.88. The van der Waals surface area contributed by atoms with E-state index in [1.54, 1.807) is 31.3 Å². The van der Waals surface area contributed by atoms with Crippen LogP contribution in [0.1, 0.15) is 16.1 Å². The van der Waals surface area contributed by atoms with Gasteiger partial charge in [-0.25, -0.2) is 9.48 Å². The lowest BCUT2D eigenvalue weighted by atomic mass is 10.2. The molecule has 23 heavy (non-hydrogen) atoms. The summed E-state index contributed by atoms with van der Waals surface area (Å²) in [7, 11) is 1.27. The summed E-state index contributed by atoms with van der Waals surface area (Å²) < 4.78 is 6.27. The summed E-state index contributed by atoms with van der Waals surface area (Å²) >= 11 is 6.11. The van der Waals surface area contributed by atoms with E-state index in [-0.39, 0.29) is 12.2 Å². The van der Waals surface area contributed by atoms with Crippen LogP contribution in [0.5, 0.6) is 0 Å². The summed E-state index contributed by atoms with van der Waals surface area (Å²) in [4.78, 5) is 23.0. The van der Waals surface area contributed by atoms with E-state index in [4.69, 9.17) is 21.4 Å². The minimum atomic E-state index is -1.15. The maximum absolute atomic E-state index is 12.2. The van der Waals surface area contributed by atoms with Crippen LogP contribution in [0, 0.1) is 6.92 Å². The van der Waals surface area contributed by atoms with Crippen molar-refractivity contribution in [2.24, 2.45) is 0 Å². The number of carbonyl (C=O) groups excluding carboxylic acids is 1. The van der Waals surface area contributed by atoms with Crippen molar-refractivity contribution in [3.63, 3.8) is 0 Å². The zero-order valence-electron chi connectivity index (χ0n) is 12.6. The smallest absolute Gasteiger partial charge is 0.334 e. The molecule has 0 saturated carbocycles. The number of amides is 1. The summed E-state index contributed by atoms with van der Waals surface area (Å²) in [5, 5.41) is 16.1. The van der Waals surface area contributed by atoms with Crippen molar-refractivity contribution < 1.29 is 19.4 Å². The number of ether oxygens (including phenoxy) is 1. The van der Waals surface area contributed by atoms with E-state index in [1.807, 2.05) is 6.07 Å². The van der Waals surface area contributed by atoms with Crippen LogP contribution >= 0.6 is 11.6 Å². The fourth-order valence-electron chi connectivity index (χ4n) is 1.99. The fourth-order valence-corrected chi connectivity index (χ4v) is 2.21. The lowest BCUT2D eigenvalue weighted by Gasteiger charge is -2.10. The van der Waals surface area contributed by atoms with Crippen LogP contribution in [-0.4, -0.2) is 46.5 Å². The molecule has 0 aliphatic rings. The Morgan fingerprint density at radius 3 is 2.74 bits per heavy atom. The second kappa shape index (κ2) is 7.26. The fraction of sp³-hybridized carbons (Fsp3) is 0.267. The molecule has 1 amide bonds. The number of aromatic nitrogens is 2. The number of hydrogen-bond acceptors (Lipinski definition) is 4. The molecule has 0 aliphatic carbocycles. The first-order chi connectivity index (χ1) is 10.9. The number of carboxylic acid groups (broad SMARTS) is 1. The number of rotatable bonds is 6. The third-order valence-corrected chi connectivity index (χ3v) is 3.54. The lowest BCUT2D eigenvalue weighted by molar-refractivity contribution is -0.148. The van der Waals surface area contributed by atoms with Gasteiger partial charge in [-0.15, -0.1) is 0 Å². The van der Waals surface area contributed by atoms with Gasteiger partial charge in [0.25, 0.3) is 5.91 Å². The van der Waals surface area contributed by atoms with Crippen LogP contribution in [0.15, 0.2) is 30.5 Å². The number of nitrogens with zero attached hydrogens (tertiary/aromatic N) is 2. The van der Waals surface area contributed by atoms with Gasteiger partial charge in [0, 0.05) is 18.9 Å². The third-order valence-electron chi connectivity index (χ3n) is 3.22. The monoisotopic (exact) mass is 337 g/mol. The van der Waals surface area contributed by atoms with Gasteiger partial charge in [0.2, 0.25) is 0 Å². The Labute approximate surface area is 137 Å². The number of halogens is 1. The van der Waals surface area contributed by atoms with Crippen LogP contribution in [0.3, 0.4) is 0 Å². The second-order valence-corrected chi connectivity index (χ2v) is 5.24. The number of aliphatic carboxylic acids is 1. The van der Waals surface area contributed by atoms with E-state index in [9.17, 15) is 9.59 Å². The van der Waals surface area contributed by atoms with Gasteiger partial charge in [-0.1, -0.05) is 23.7 Å². The maximum atomic E-state index is 12.2. The predicted molar refractivity (Wildman–Crippen MR) is 84.1 cm³/mol. The molecule has 0 fully saturated rings. The van der Waals surface area contributed by atoms with Crippen molar-refractivity contribution in [3.8, 4) is 5.69 Å². The highest BCUT2D eigenvalue weighted by Crippen LogP contribution is 2.20. The molecule has 1 aromatic carbocycles. The maximum Gasteiger partial charge on any atom is 0.334 e. The Morgan fingerprint density at radius 2 is 2.13 bits per heavy atom. The molecular formula is C15H16ClN3O4. The molecule has 1 heterocycles. The normalized spacial score (nSPS) is 12.0. The molecule has 0 bridgehead atoms. The molecule has 7 nitrogen and oxygen atoms in total. The molecule has 122 valence electrons. The van der Waals surface area contributed by atoms with E-state index >= 15 is 0 Å². The average Bonchev–Trinajstić information content (AvgIpc) is 2.89. The van der Waals surface area contributed by atoms with Gasteiger partial charge < -0.3 is 15.2 Å². The first-order valence-electron chi connectivity index (χ1n) is 6.79. The number of para-hydroxylation sites is 1. The number of nitrogens with one attached hydrogen (secondary N) is 1. The van der Waals surface area contributed by atoms with Gasteiger partial charge in [0.1, 0.15) is 0 Å². The van der Waals surface area contributed by atoms with Gasteiger partial charge in [-0.3, -0.25) is 4.79 Å². The van der Waals surface area contributed by atoms with Crippen molar-refractivity contribution in [1.82, 2.24) is 15.1 Å². The van der Waals surface area contributed by atoms with Gasteiger partial charge >= 0.3 is 5.97 Å². The van der Waals surface area contributed by atoms with Crippen molar-refractivity contribution in [1.29, 1.82) is 0 Å². The number of aryl methyl sites for hydroxylation is 1. The first kappa shape index (κ1) is 17.0. The number of hydrogen-bond donors (Lipinski definition) is 2. The summed E-state index contributed by atoms with van der Waals surface area (Å²) in [6.45, 7) is 1.59. The Kier molecular flexibility index (Phi) is 5.36. The van der Waals surface area contributed by atoms with Crippen molar-refractivity contribution in [2.45, 2.75) is 13.0 Å². The summed E-state index contributed by atoms with van der Waals surface area (Å²) in [5.41, 5.74) is 1.49. The van der Waals surface area contributed by atoms with Crippen LogP contribution < -0.4 is 5.32 Å². The average molecular weight is 338 g/mol. The number of benzene rings is 1. The number of carbonyl (C=O) groups is 2.